The maximum atomic E-state index is 11.8. The summed E-state index contributed by atoms with van der Waals surface area (Å²) in [4.78, 5) is 11.8. The number of hydrogen-bond acceptors (Lipinski definition) is 2. The van der Waals surface area contributed by atoms with E-state index < -0.39 is 6.03 Å². The number of halogens is 2. The summed E-state index contributed by atoms with van der Waals surface area (Å²) in [6.45, 7) is 0. The number of nitrogens with zero attached hydrogens (tertiary/aromatic N) is 2. The minimum Gasteiger partial charge on any atom is -0.316 e. The quantitative estimate of drug-likeness (QED) is 0.453. The Labute approximate surface area is 158 Å². The Balaban J connectivity index is 1.63. The summed E-state index contributed by atoms with van der Waals surface area (Å²) in [7, 11) is 0. The van der Waals surface area contributed by atoms with Crippen LogP contribution in [0.1, 0.15) is 5.69 Å². The molecule has 0 radical (unpaired) electrons. The van der Waals surface area contributed by atoms with Crippen LogP contribution in [0.25, 0.3) is 5.69 Å². The van der Waals surface area contributed by atoms with Crippen molar-refractivity contribution in [2.45, 2.75) is 0 Å². The summed E-state index contributed by atoms with van der Waals surface area (Å²) >= 11 is 9.26. The van der Waals surface area contributed by atoms with Crippen LogP contribution in [0, 0.1) is 0 Å². The number of hydrogen-bond donors (Lipinski definition) is 2. The summed E-state index contributed by atoms with van der Waals surface area (Å²) in [5, 5.41) is 7.36. The second-order valence-electron chi connectivity index (χ2n) is 5.11. The Kier molecular flexibility index (Phi) is 5.53. The van der Waals surface area contributed by atoms with E-state index in [0.29, 0.717) is 10.7 Å². The van der Waals surface area contributed by atoms with Gasteiger partial charge in [0.25, 0.3) is 0 Å². The Morgan fingerprint density at radius 3 is 2.52 bits per heavy atom. The van der Waals surface area contributed by atoms with E-state index in [0.717, 1.165) is 15.9 Å². The lowest BCUT2D eigenvalue weighted by Crippen LogP contribution is -2.24. The molecule has 1 heterocycles. The first-order valence-electron chi connectivity index (χ1n) is 7.41. The molecule has 25 heavy (non-hydrogen) atoms. The third-order valence-electron chi connectivity index (χ3n) is 3.35. The Morgan fingerprint density at radius 1 is 1.08 bits per heavy atom. The van der Waals surface area contributed by atoms with E-state index in [4.69, 9.17) is 11.6 Å². The summed E-state index contributed by atoms with van der Waals surface area (Å²) in [6, 6.07) is 18.1. The van der Waals surface area contributed by atoms with E-state index >= 15 is 0 Å². The Bertz CT molecular complexity index is 888. The molecule has 0 bridgehead atoms. The molecule has 0 unspecified atom stereocenters. The van der Waals surface area contributed by atoms with Crippen LogP contribution in [0.15, 0.2) is 76.4 Å². The van der Waals surface area contributed by atoms with Gasteiger partial charge in [-0.15, -0.1) is 0 Å². The lowest BCUT2D eigenvalue weighted by molar-refractivity contribution is 0.252. The van der Waals surface area contributed by atoms with Gasteiger partial charge in [0.2, 0.25) is 0 Å². The van der Waals surface area contributed by atoms with Gasteiger partial charge in [0.15, 0.2) is 0 Å². The predicted octanol–water partition coefficient (Wildman–Crippen LogP) is 5.05. The highest BCUT2D eigenvalue weighted by Gasteiger charge is 2.02. The number of hydrazone groups is 1. The van der Waals surface area contributed by atoms with Gasteiger partial charge in [-0.25, -0.2) is 10.2 Å². The molecular weight excluding hydrogens is 404 g/mol. The zero-order valence-corrected chi connectivity index (χ0v) is 15.3. The average molecular weight is 418 g/mol. The number of carbonyl (C=O) groups is 1. The molecule has 126 valence electrons. The van der Waals surface area contributed by atoms with Crippen molar-refractivity contribution in [3.63, 3.8) is 0 Å². The van der Waals surface area contributed by atoms with E-state index in [-0.39, 0.29) is 0 Å². The zero-order chi connectivity index (χ0) is 17.6. The second-order valence-corrected chi connectivity index (χ2v) is 6.46. The van der Waals surface area contributed by atoms with Crippen molar-refractivity contribution in [2.24, 2.45) is 5.10 Å². The number of carbonyl (C=O) groups excluding carboxylic acids is 1. The standard InChI is InChI=1S/C18H14BrClN4O/c19-13-3-7-15(8-4-13)22-18(25)23-21-12-17-2-1-11-24(17)16-9-5-14(20)6-10-16/h1-12H,(H2,22,23,25)/b21-12+. The van der Waals surface area contributed by atoms with Gasteiger partial charge < -0.3 is 9.88 Å². The first kappa shape index (κ1) is 17.3. The molecule has 2 amide bonds. The van der Waals surface area contributed by atoms with Crippen molar-refractivity contribution in [1.82, 2.24) is 9.99 Å². The number of urea groups is 1. The maximum Gasteiger partial charge on any atom is 0.339 e. The minimum absolute atomic E-state index is 0.414. The highest BCUT2D eigenvalue weighted by Crippen LogP contribution is 2.16. The number of aromatic nitrogens is 1. The highest BCUT2D eigenvalue weighted by atomic mass is 79.9. The zero-order valence-electron chi connectivity index (χ0n) is 13.0. The van der Waals surface area contributed by atoms with Crippen LogP contribution in [0.3, 0.4) is 0 Å². The van der Waals surface area contributed by atoms with Crippen LogP contribution in [0.2, 0.25) is 5.02 Å². The van der Waals surface area contributed by atoms with Gasteiger partial charge in [-0.1, -0.05) is 27.5 Å². The van der Waals surface area contributed by atoms with Crippen molar-refractivity contribution < 1.29 is 4.79 Å². The topological polar surface area (TPSA) is 58.4 Å². The number of anilines is 1. The van der Waals surface area contributed by atoms with Gasteiger partial charge in [-0.2, -0.15) is 5.10 Å². The fourth-order valence-electron chi connectivity index (χ4n) is 2.19. The van der Waals surface area contributed by atoms with Gasteiger partial charge in [0.1, 0.15) is 0 Å². The molecular formula is C18H14BrClN4O. The first-order chi connectivity index (χ1) is 12.1. The number of nitrogens with one attached hydrogen (secondary N) is 2. The van der Waals surface area contributed by atoms with E-state index in [1.807, 2.05) is 59.3 Å². The monoisotopic (exact) mass is 416 g/mol. The molecule has 3 aromatic rings. The molecule has 2 aromatic carbocycles. The van der Waals surface area contributed by atoms with Gasteiger partial charge in [-0.3, -0.25) is 0 Å². The van der Waals surface area contributed by atoms with Crippen LogP contribution in [0.5, 0.6) is 0 Å². The third-order valence-corrected chi connectivity index (χ3v) is 4.13. The summed E-state index contributed by atoms with van der Waals surface area (Å²) in [5.74, 6) is 0. The van der Waals surface area contributed by atoms with Crippen LogP contribution in [0.4, 0.5) is 10.5 Å². The van der Waals surface area contributed by atoms with Crippen LogP contribution in [-0.2, 0) is 0 Å². The van der Waals surface area contributed by atoms with Crippen molar-refractivity contribution in [2.75, 3.05) is 5.32 Å². The van der Waals surface area contributed by atoms with Crippen LogP contribution >= 0.6 is 27.5 Å². The largest absolute Gasteiger partial charge is 0.339 e. The smallest absolute Gasteiger partial charge is 0.316 e. The van der Waals surface area contributed by atoms with Gasteiger partial charge in [-0.05, 0) is 60.7 Å². The average Bonchev–Trinajstić information content (AvgIpc) is 3.06. The molecule has 0 saturated carbocycles. The Hall–Kier alpha value is -2.57. The lowest BCUT2D eigenvalue weighted by atomic mass is 10.3. The molecule has 0 aliphatic heterocycles. The molecule has 0 saturated heterocycles. The predicted molar refractivity (Wildman–Crippen MR) is 105 cm³/mol. The third kappa shape index (κ3) is 4.71. The molecule has 0 spiro atoms. The Morgan fingerprint density at radius 2 is 1.80 bits per heavy atom. The SMILES string of the molecule is O=C(N/N=C/c1cccn1-c1ccc(Cl)cc1)Nc1ccc(Br)cc1. The number of benzene rings is 2. The summed E-state index contributed by atoms with van der Waals surface area (Å²) in [6.07, 6.45) is 3.49. The second kappa shape index (κ2) is 8.00. The van der Waals surface area contributed by atoms with Crippen molar-refractivity contribution >= 4 is 45.5 Å². The number of amides is 2. The summed E-state index contributed by atoms with van der Waals surface area (Å²) in [5.41, 5.74) is 4.91. The number of rotatable bonds is 4. The van der Waals surface area contributed by atoms with Gasteiger partial charge in [0, 0.05) is 27.1 Å². The van der Waals surface area contributed by atoms with Gasteiger partial charge >= 0.3 is 6.03 Å². The van der Waals surface area contributed by atoms with Gasteiger partial charge in [0.05, 0.1) is 11.9 Å². The maximum absolute atomic E-state index is 11.8. The van der Waals surface area contributed by atoms with E-state index in [9.17, 15) is 4.79 Å². The normalized spacial score (nSPS) is 10.8. The molecule has 7 heteroatoms. The first-order valence-corrected chi connectivity index (χ1v) is 8.58. The van der Waals surface area contributed by atoms with Crippen LogP contribution in [-0.4, -0.2) is 16.8 Å². The fraction of sp³-hybridized carbons (Fsp3) is 0. The van der Waals surface area contributed by atoms with Crippen molar-refractivity contribution in [1.29, 1.82) is 0 Å². The molecule has 5 nitrogen and oxygen atoms in total. The van der Waals surface area contributed by atoms with E-state index in [1.54, 1.807) is 18.3 Å². The molecule has 0 atom stereocenters. The molecule has 0 aliphatic carbocycles. The van der Waals surface area contributed by atoms with E-state index in [1.165, 1.54) is 0 Å². The molecule has 0 fully saturated rings. The minimum atomic E-state index is -0.414. The molecule has 3 rings (SSSR count). The van der Waals surface area contributed by atoms with Crippen molar-refractivity contribution in [3.05, 3.63) is 82.0 Å². The molecule has 2 N–H and O–H groups in total. The molecule has 1 aromatic heterocycles. The fourth-order valence-corrected chi connectivity index (χ4v) is 2.58. The summed E-state index contributed by atoms with van der Waals surface area (Å²) < 4.78 is 2.88. The van der Waals surface area contributed by atoms with Crippen LogP contribution < -0.4 is 10.7 Å². The highest BCUT2D eigenvalue weighted by molar-refractivity contribution is 9.10. The van der Waals surface area contributed by atoms with Crippen molar-refractivity contribution in [3.8, 4) is 5.69 Å². The lowest BCUT2D eigenvalue weighted by Gasteiger charge is -2.06. The van der Waals surface area contributed by atoms with E-state index in [2.05, 4.69) is 31.8 Å². The molecule has 0 aliphatic rings.